The Bertz CT molecular complexity index is 548. The average Bonchev–Trinajstić information content (AvgIpc) is 2.29. The second kappa shape index (κ2) is 6.57. The fourth-order valence-electron chi connectivity index (χ4n) is 1.32. The monoisotopic (exact) mass is 284 g/mol. The molecule has 0 aliphatic heterocycles. The van der Waals surface area contributed by atoms with Gasteiger partial charge in [-0.05, 0) is 18.2 Å². The van der Waals surface area contributed by atoms with Crippen LogP contribution in [0.3, 0.4) is 0 Å². The molecule has 0 radical (unpaired) electrons. The van der Waals surface area contributed by atoms with Gasteiger partial charge in [-0.25, -0.2) is 8.42 Å². The standard InChI is InChI=1S/C12H16N2O2S2/c1-3-7-17-8-6-14-12-5-4-10(9-11(12)13)18(2,15)16/h1,4-5,9,14H,6-8,13H2,2H3. The van der Waals surface area contributed by atoms with E-state index in [0.717, 1.165) is 24.2 Å². The van der Waals surface area contributed by atoms with Crippen molar-refractivity contribution in [2.45, 2.75) is 4.90 Å². The lowest BCUT2D eigenvalue weighted by Crippen LogP contribution is -2.07. The summed E-state index contributed by atoms with van der Waals surface area (Å²) in [6.07, 6.45) is 6.29. The van der Waals surface area contributed by atoms with Gasteiger partial charge in [0.05, 0.1) is 22.0 Å². The van der Waals surface area contributed by atoms with E-state index < -0.39 is 9.84 Å². The third-order valence-corrected chi connectivity index (χ3v) is 4.17. The molecule has 1 aromatic carbocycles. The molecule has 0 heterocycles. The van der Waals surface area contributed by atoms with E-state index in [4.69, 9.17) is 12.2 Å². The third-order valence-electron chi connectivity index (χ3n) is 2.20. The van der Waals surface area contributed by atoms with E-state index in [1.807, 2.05) is 0 Å². The molecule has 0 aliphatic carbocycles. The number of benzene rings is 1. The van der Waals surface area contributed by atoms with Crippen LogP contribution in [0, 0.1) is 12.3 Å². The van der Waals surface area contributed by atoms with Crippen LogP contribution in [0.25, 0.3) is 0 Å². The van der Waals surface area contributed by atoms with Gasteiger partial charge >= 0.3 is 0 Å². The smallest absolute Gasteiger partial charge is 0.175 e. The van der Waals surface area contributed by atoms with Crippen LogP contribution in [0.5, 0.6) is 0 Å². The third kappa shape index (κ3) is 4.51. The van der Waals surface area contributed by atoms with Crippen LogP contribution in [0.1, 0.15) is 0 Å². The number of nitrogens with one attached hydrogen (secondary N) is 1. The predicted molar refractivity (Wildman–Crippen MR) is 78.6 cm³/mol. The Labute approximate surface area is 112 Å². The summed E-state index contributed by atoms with van der Waals surface area (Å²) < 4.78 is 22.7. The van der Waals surface area contributed by atoms with Crippen LogP contribution in [0.2, 0.25) is 0 Å². The Kier molecular flexibility index (Phi) is 5.38. The van der Waals surface area contributed by atoms with Crippen molar-refractivity contribution in [3.63, 3.8) is 0 Å². The lowest BCUT2D eigenvalue weighted by Gasteiger charge is -2.10. The first-order valence-corrected chi connectivity index (χ1v) is 8.34. The molecule has 6 heteroatoms. The van der Waals surface area contributed by atoms with E-state index in [9.17, 15) is 8.42 Å². The normalized spacial score (nSPS) is 10.9. The minimum atomic E-state index is -3.21. The van der Waals surface area contributed by atoms with Crippen molar-refractivity contribution in [2.24, 2.45) is 0 Å². The fourth-order valence-corrected chi connectivity index (χ4v) is 2.49. The van der Waals surface area contributed by atoms with Gasteiger partial charge in [-0.2, -0.15) is 0 Å². The number of hydrogen-bond acceptors (Lipinski definition) is 5. The van der Waals surface area contributed by atoms with E-state index in [-0.39, 0.29) is 4.90 Å². The van der Waals surface area contributed by atoms with Crippen molar-refractivity contribution in [1.29, 1.82) is 0 Å². The number of thioether (sulfide) groups is 1. The van der Waals surface area contributed by atoms with Crippen molar-refractivity contribution in [3.8, 4) is 12.3 Å². The van der Waals surface area contributed by atoms with E-state index in [1.165, 1.54) is 6.07 Å². The second-order valence-corrected chi connectivity index (χ2v) is 6.83. The molecule has 0 unspecified atom stereocenters. The zero-order valence-electron chi connectivity index (χ0n) is 10.1. The van der Waals surface area contributed by atoms with Gasteiger partial charge in [-0.3, -0.25) is 0 Å². The minimum Gasteiger partial charge on any atom is -0.397 e. The first-order chi connectivity index (χ1) is 8.45. The van der Waals surface area contributed by atoms with Gasteiger partial charge in [0.15, 0.2) is 9.84 Å². The molecular weight excluding hydrogens is 268 g/mol. The Morgan fingerprint density at radius 2 is 2.22 bits per heavy atom. The van der Waals surface area contributed by atoms with Gasteiger partial charge in [0.25, 0.3) is 0 Å². The predicted octanol–water partition coefficient (Wildman–Crippen LogP) is 1.45. The SMILES string of the molecule is C#CCSCCNc1ccc(S(C)(=O)=O)cc1N. The summed E-state index contributed by atoms with van der Waals surface area (Å²) in [6, 6.07) is 4.69. The Hall–Kier alpha value is -1.32. The summed E-state index contributed by atoms with van der Waals surface area (Å²) in [5, 5.41) is 3.14. The van der Waals surface area contributed by atoms with E-state index >= 15 is 0 Å². The highest BCUT2D eigenvalue weighted by atomic mass is 32.2. The first-order valence-electron chi connectivity index (χ1n) is 5.30. The van der Waals surface area contributed by atoms with Gasteiger partial charge < -0.3 is 11.1 Å². The van der Waals surface area contributed by atoms with Crippen LogP contribution in [-0.2, 0) is 9.84 Å². The van der Waals surface area contributed by atoms with Crippen LogP contribution in [0.15, 0.2) is 23.1 Å². The summed E-state index contributed by atoms with van der Waals surface area (Å²) in [6.45, 7) is 0.731. The molecule has 4 nitrogen and oxygen atoms in total. The largest absolute Gasteiger partial charge is 0.397 e. The van der Waals surface area contributed by atoms with Gasteiger partial charge in [0.2, 0.25) is 0 Å². The van der Waals surface area contributed by atoms with E-state index in [2.05, 4.69) is 11.2 Å². The molecule has 0 bridgehead atoms. The lowest BCUT2D eigenvalue weighted by molar-refractivity contribution is 0.602. The zero-order chi connectivity index (χ0) is 13.6. The summed E-state index contributed by atoms with van der Waals surface area (Å²) in [4.78, 5) is 0.229. The first kappa shape index (κ1) is 14.7. The number of anilines is 2. The number of rotatable bonds is 6. The van der Waals surface area contributed by atoms with Crippen LogP contribution in [-0.4, -0.2) is 32.7 Å². The molecule has 0 atom stereocenters. The molecule has 0 aromatic heterocycles. The lowest BCUT2D eigenvalue weighted by atomic mass is 10.2. The number of nitrogens with two attached hydrogens (primary N) is 1. The van der Waals surface area contributed by atoms with Crippen molar-refractivity contribution in [3.05, 3.63) is 18.2 Å². The zero-order valence-corrected chi connectivity index (χ0v) is 11.8. The molecule has 0 amide bonds. The minimum absolute atomic E-state index is 0.229. The molecule has 18 heavy (non-hydrogen) atoms. The summed E-state index contributed by atoms with van der Waals surface area (Å²) in [7, 11) is -3.21. The van der Waals surface area contributed by atoms with Crippen molar-refractivity contribution < 1.29 is 8.42 Å². The van der Waals surface area contributed by atoms with Crippen molar-refractivity contribution in [2.75, 3.05) is 35.4 Å². The molecule has 0 fully saturated rings. The van der Waals surface area contributed by atoms with Gasteiger partial charge in [0.1, 0.15) is 0 Å². The highest BCUT2D eigenvalue weighted by Crippen LogP contribution is 2.22. The number of sulfone groups is 1. The summed E-state index contributed by atoms with van der Waals surface area (Å²) in [5.41, 5.74) is 6.96. The number of hydrogen-bond donors (Lipinski definition) is 2. The Morgan fingerprint density at radius 1 is 1.50 bits per heavy atom. The topological polar surface area (TPSA) is 72.2 Å². The summed E-state index contributed by atoms with van der Waals surface area (Å²) in [5.74, 6) is 4.10. The van der Waals surface area contributed by atoms with Gasteiger partial charge in [-0.15, -0.1) is 18.2 Å². The molecule has 0 saturated heterocycles. The summed E-state index contributed by atoms with van der Waals surface area (Å²) >= 11 is 1.65. The average molecular weight is 284 g/mol. The number of terminal acetylenes is 1. The molecule has 3 N–H and O–H groups in total. The maximum Gasteiger partial charge on any atom is 0.175 e. The molecule has 0 saturated carbocycles. The highest BCUT2D eigenvalue weighted by Gasteiger charge is 2.08. The van der Waals surface area contributed by atoms with Gasteiger partial charge in [0, 0.05) is 18.6 Å². The number of nitrogen functional groups attached to an aromatic ring is 1. The molecule has 0 aliphatic rings. The molecule has 98 valence electrons. The van der Waals surface area contributed by atoms with Crippen LogP contribution < -0.4 is 11.1 Å². The highest BCUT2D eigenvalue weighted by molar-refractivity contribution is 7.99. The fraction of sp³-hybridized carbons (Fsp3) is 0.333. The maximum absolute atomic E-state index is 11.3. The maximum atomic E-state index is 11.3. The second-order valence-electron chi connectivity index (χ2n) is 3.70. The molecule has 1 aromatic rings. The Balaban J connectivity index is 2.61. The van der Waals surface area contributed by atoms with Crippen molar-refractivity contribution in [1.82, 2.24) is 0 Å². The molecule has 0 spiro atoms. The quantitative estimate of drug-likeness (QED) is 0.470. The van der Waals surface area contributed by atoms with Crippen LogP contribution in [0.4, 0.5) is 11.4 Å². The van der Waals surface area contributed by atoms with Gasteiger partial charge in [-0.1, -0.05) is 5.92 Å². The Morgan fingerprint density at radius 3 is 2.78 bits per heavy atom. The van der Waals surface area contributed by atoms with E-state index in [0.29, 0.717) is 11.4 Å². The van der Waals surface area contributed by atoms with Crippen molar-refractivity contribution >= 4 is 33.0 Å². The van der Waals surface area contributed by atoms with E-state index in [1.54, 1.807) is 23.9 Å². The molecule has 1 rings (SSSR count). The molecular formula is C12H16N2O2S2. The van der Waals surface area contributed by atoms with Crippen LogP contribution >= 0.6 is 11.8 Å².